The van der Waals surface area contributed by atoms with Crippen molar-refractivity contribution in [3.05, 3.63) is 6.33 Å². The number of ether oxygens (including phenoxy) is 1. The predicted octanol–water partition coefficient (Wildman–Crippen LogP) is 0.887. The average molecular weight is 303 g/mol. The highest BCUT2D eigenvalue weighted by atomic mass is 16.5. The number of aromatic nitrogens is 4. The maximum atomic E-state index is 11.8. The number of fused-ring (bicyclic) bond motifs is 1. The van der Waals surface area contributed by atoms with Gasteiger partial charge >= 0.3 is 0 Å². The van der Waals surface area contributed by atoms with Crippen LogP contribution in [0.2, 0.25) is 0 Å². The van der Waals surface area contributed by atoms with Crippen molar-refractivity contribution in [2.75, 3.05) is 24.4 Å². The molecule has 0 saturated carbocycles. The Hall–Kier alpha value is -2.89. The third-order valence-corrected chi connectivity index (χ3v) is 2.82. The molecule has 0 unspecified atom stereocenters. The first kappa shape index (κ1) is 15.5. The summed E-state index contributed by atoms with van der Waals surface area (Å²) in [5.74, 6) is -0.0298. The Bertz CT molecular complexity index is 717. The highest BCUT2D eigenvalue weighted by molar-refractivity contribution is 5.91. The number of hydrogen-bond donors (Lipinski definition) is 2. The minimum atomic E-state index is -0.198. The van der Waals surface area contributed by atoms with E-state index in [0.29, 0.717) is 11.2 Å². The molecule has 2 rings (SSSR count). The quantitative estimate of drug-likeness (QED) is 0.761. The van der Waals surface area contributed by atoms with Gasteiger partial charge in [-0.1, -0.05) is 13.8 Å². The summed E-state index contributed by atoms with van der Waals surface area (Å²) in [5, 5.41) is 11.2. The van der Waals surface area contributed by atoms with Gasteiger partial charge in [-0.2, -0.15) is 15.2 Å². The van der Waals surface area contributed by atoms with E-state index in [1.807, 2.05) is 6.07 Å². The summed E-state index contributed by atoms with van der Waals surface area (Å²) in [7, 11) is 1.71. The van der Waals surface area contributed by atoms with Gasteiger partial charge in [0.2, 0.25) is 17.7 Å². The maximum Gasteiger partial charge on any atom is 0.247 e. The van der Waals surface area contributed by atoms with Crippen LogP contribution in [0.3, 0.4) is 0 Å². The molecule has 0 aliphatic heterocycles. The van der Waals surface area contributed by atoms with Crippen molar-refractivity contribution in [2.45, 2.75) is 20.3 Å². The fourth-order valence-electron chi connectivity index (χ4n) is 1.64. The van der Waals surface area contributed by atoms with Gasteiger partial charge < -0.3 is 10.2 Å². The minimum absolute atomic E-state index is 0.134. The average Bonchev–Trinajstić information content (AvgIpc) is 2.90. The Morgan fingerprint density at radius 1 is 1.50 bits per heavy atom. The molecule has 0 radical (unpaired) electrons. The third kappa shape index (κ3) is 3.22. The molecule has 9 heteroatoms. The molecule has 116 valence electrons. The van der Waals surface area contributed by atoms with Crippen LogP contribution in [0, 0.1) is 17.2 Å². The van der Waals surface area contributed by atoms with Crippen molar-refractivity contribution in [1.29, 1.82) is 5.26 Å². The molecular formula is C13H17N7O2. The van der Waals surface area contributed by atoms with Gasteiger partial charge in [-0.15, -0.1) is 0 Å². The van der Waals surface area contributed by atoms with Crippen LogP contribution in [0.5, 0.6) is 5.88 Å². The molecule has 2 heterocycles. The van der Waals surface area contributed by atoms with Crippen molar-refractivity contribution in [2.24, 2.45) is 5.92 Å². The number of hydrogen-bond acceptors (Lipinski definition) is 7. The maximum absolute atomic E-state index is 11.8. The van der Waals surface area contributed by atoms with Gasteiger partial charge in [0.15, 0.2) is 11.2 Å². The highest BCUT2D eigenvalue weighted by Crippen LogP contribution is 2.22. The highest BCUT2D eigenvalue weighted by Gasteiger charge is 2.16. The monoisotopic (exact) mass is 303 g/mol. The summed E-state index contributed by atoms with van der Waals surface area (Å²) in [6.07, 6.45) is 1.76. The number of rotatable bonds is 6. The second-order valence-corrected chi connectivity index (χ2v) is 4.76. The van der Waals surface area contributed by atoms with Crippen molar-refractivity contribution < 1.29 is 9.53 Å². The number of anilines is 1. The summed E-state index contributed by atoms with van der Waals surface area (Å²) in [6, 6.07) is 1.99. The Labute approximate surface area is 127 Å². The van der Waals surface area contributed by atoms with Crippen LogP contribution in [0.15, 0.2) is 6.33 Å². The van der Waals surface area contributed by atoms with E-state index in [2.05, 4.69) is 25.7 Å². The summed E-state index contributed by atoms with van der Waals surface area (Å²) in [4.78, 5) is 24.4. The fraction of sp³-hybridized carbons (Fsp3) is 0.462. The molecule has 0 saturated heterocycles. The van der Waals surface area contributed by atoms with Gasteiger partial charge in [0.25, 0.3) is 0 Å². The lowest BCUT2D eigenvalue weighted by atomic mass is 10.2. The summed E-state index contributed by atoms with van der Waals surface area (Å²) < 4.78 is 7.05. The van der Waals surface area contributed by atoms with E-state index < -0.39 is 0 Å². The molecule has 0 fully saturated rings. The van der Waals surface area contributed by atoms with Crippen LogP contribution in [0.25, 0.3) is 11.2 Å². The molecule has 0 aliphatic carbocycles. The lowest BCUT2D eigenvalue weighted by Gasteiger charge is -2.09. The molecule has 22 heavy (non-hydrogen) atoms. The number of nitrogens with one attached hydrogen (secondary N) is 2. The van der Waals surface area contributed by atoms with Gasteiger partial charge in [0, 0.05) is 13.0 Å². The van der Waals surface area contributed by atoms with Crippen molar-refractivity contribution in [3.63, 3.8) is 0 Å². The largest absolute Gasteiger partial charge is 0.475 e. The van der Waals surface area contributed by atoms with E-state index in [9.17, 15) is 4.79 Å². The molecule has 0 atom stereocenters. The second kappa shape index (κ2) is 6.71. The van der Waals surface area contributed by atoms with E-state index in [4.69, 9.17) is 10.00 Å². The zero-order valence-electron chi connectivity index (χ0n) is 12.6. The Kier molecular flexibility index (Phi) is 4.73. The van der Waals surface area contributed by atoms with Crippen LogP contribution in [-0.4, -0.2) is 39.2 Å². The first-order valence-electron chi connectivity index (χ1n) is 6.80. The molecule has 0 bridgehead atoms. The van der Waals surface area contributed by atoms with E-state index in [1.165, 1.54) is 6.33 Å². The number of carbonyl (C=O) groups excluding carboxylic acids is 1. The first-order chi connectivity index (χ1) is 10.6. The van der Waals surface area contributed by atoms with Crippen molar-refractivity contribution >= 4 is 23.0 Å². The van der Waals surface area contributed by atoms with Gasteiger partial charge in [-0.25, -0.2) is 9.66 Å². The van der Waals surface area contributed by atoms with Crippen LogP contribution in [0.1, 0.15) is 20.3 Å². The third-order valence-electron chi connectivity index (χ3n) is 2.82. The molecule has 0 aromatic carbocycles. The zero-order chi connectivity index (χ0) is 16.1. The molecule has 1 amide bonds. The van der Waals surface area contributed by atoms with E-state index in [1.54, 1.807) is 25.6 Å². The van der Waals surface area contributed by atoms with E-state index >= 15 is 0 Å². The van der Waals surface area contributed by atoms with Gasteiger partial charge in [-0.05, 0) is 0 Å². The van der Waals surface area contributed by atoms with Gasteiger partial charge in [0.1, 0.15) is 12.9 Å². The Morgan fingerprint density at radius 3 is 2.91 bits per heavy atom. The van der Waals surface area contributed by atoms with Gasteiger partial charge in [-0.3, -0.25) is 10.1 Å². The molecule has 2 aromatic rings. The minimum Gasteiger partial charge on any atom is -0.475 e. The second-order valence-electron chi connectivity index (χ2n) is 4.76. The zero-order valence-corrected chi connectivity index (χ0v) is 12.6. The molecular weight excluding hydrogens is 286 g/mol. The number of nitriles is 1. The van der Waals surface area contributed by atoms with Crippen LogP contribution < -0.4 is 15.5 Å². The number of amides is 1. The predicted molar refractivity (Wildman–Crippen MR) is 79.8 cm³/mol. The lowest BCUT2D eigenvalue weighted by Crippen LogP contribution is -2.20. The Morgan fingerprint density at radius 2 is 2.27 bits per heavy atom. The fourth-order valence-corrected chi connectivity index (χ4v) is 1.64. The van der Waals surface area contributed by atoms with Crippen LogP contribution in [-0.2, 0) is 4.79 Å². The summed E-state index contributed by atoms with van der Waals surface area (Å²) >= 11 is 0. The molecule has 2 N–H and O–H groups in total. The molecule has 0 aliphatic rings. The summed E-state index contributed by atoms with van der Waals surface area (Å²) in [5.41, 5.74) is 3.82. The molecule has 2 aromatic heterocycles. The van der Waals surface area contributed by atoms with E-state index in [-0.39, 0.29) is 36.7 Å². The van der Waals surface area contributed by atoms with Crippen LogP contribution in [0.4, 0.5) is 5.95 Å². The first-order valence-corrected chi connectivity index (χ1v) is 6.80. The standard InChI is InChI=1S/C13H17N7O2/c1-8(2)11(21)18-13-17-10-9(16-7-20(10)15-3)12(19-13)22-6-4-5-14/h7-8,15H,4,6H2,1-3H3,(H,17,18,19,21). The normalized spacial score (nSPS) is 10.5. The molecule has 0 spiro atoms. The summed E-state index contributed by atoms with van der Waals surface area (Å²) in [6.45, 7) is 3.73. The topological polar surface area (TPSA) is 118 Å². The number of nitrogens with zero attached hydrogens (tertiary/aromatic N) is 5. The smallest absolute Gasteiger partial charge is 0.247 e. The van der Waals surface area contributed by atoms with Crippen molar-refractivity contribution in [1.82, 2.24) is 19.6 Å². The molecule has 9 nitrogen and oxygen atoms in total. The Balaban J connectivity index is 2.40. The van der Waals surface area contributed by atoms with Crippen LogP contribution >= 0.6 is 0 Å². The number of imidazole rings is 1. The van der Waals surface area contributed by atoms with E-state index in [0.717, 1.165) is 0 Å². The lowest BCUT2D eigenvalue weighted by molar-refractivity contribution is -0.118. The number of carbonyl (C=O) groups is 1. The van der Waals surface area contributed by atoms with Gasteiger partial charge in [0.05, 0.1) is 12.5 Å². The van der Waals surface area contributed by atoms with Crippen molar-refractivity contribution in [3.8, 4) is 11.9 Å². The SMILES string of the molecule is CNn1cnc2c(OCCC#N)nc(NC(=O)C(C)C)nc21.